The summed E-state index contributed by atoms with van der Waals surface area (Å²) in [6, 6.07) is 42.5. The first-order valence-electron chi connectivity index (χ1n) is 28.2. The van der Waals surface area contributed by atoms with E-state index in [1.54, 1.807) is 68.0 Å². The maximum atomic E-state index is 15.1. The number of aromatic nitrogens is 1. The van der Waals surface area contributed by atoms with Gasteiger partial charge in [0.05, 0.1) is 12.6 Å². The van der Waals surface area contributed by atoms with E-state index in [1.807, 2.05) is 127 Å². The Kier molecular flexibility index (Phi) is 19.5. The van der Waals surface area contributed by atoms with Crippen LogP contribution in [-0.2, 0) is 64.5 Å². The number of hydrogen-bond acceptors (Lipinski definition) is 11. The molecule has 1 saturated heterocycles. The molecule has 5 N–H and O–H groups in total. The largest absolute Gasteiger partial charge is 0.489 e. The molecule has 7 aromatic rings. The fraction of sp³-hybridized carbons (Fsp3) is 0.292. The highest BCUT2D eigenvalue weighted by atomic mass is 31.0. The van der Waals surface area contributed by atoms with Crippen molar-refractivity contribution in [2.75, 3.05) is 26.7 Å². The van der Waals surface area contributed by atoms with Crippen molar-refractivity contribution in [1.82, 2.24) is 36.1 Å². The average molecular weight is 1140 g/mol. The number of benzene rings is 6. The number of terminal acetylenes is 1. The smallest absolute Gasteiger partial charge is 0.410 e. The van der Waals surface area contributed by atoms with Crippen molar-refractivity contribution in [3.8, 4) is 29.4 Å². The van der Waals surface area contributed by atoms with Gasteiger partial charge in [0.1, 0.15) is 56.6 Å². The van der Waals surface area contributed by atoms with E-state index in [0.29, 0.717) is 48.4 Å². The second kappa shape index (κ2) is 28.3. The number of unbranched alkanes of at least 4 members (excludes halogenated alkanes) is 1. The van der Waals surface area contributed by atoms with E-state index >= 15 is 9.59 Å². The Hall–Kier alpha value is -8.81. The van der Waals surface area contributed by atoms with Gasteiger partial charge in [-0.3, -0.25) is 24.1 Å². The molecular weight excluding hydrogens is 1070 g/mol. The lowest BCUT2D eigenvalue weighted by atomic mass is 9.98. The molecule has 5 amide bonds. The number of likely N-dealkylation sites (tertiary alicyclic amines) is 1. The molecular formula is C65H68N7O10P. The Bertz CT molecular complexity index is 3460. The van der Waals surface area contributed by atoms with Gasteiger partial charge in [-0.15, -0.1) is 0 Å². The van der Waals surface area contributed by atoms with Crippen LogP contribution in [0.25, 0.3) is 22.0 Å². The van der Waals surface area contributed by atoms with Gasteiger partial charge in [0.25, 0.3) is 0 Å². The molecule has 428 valence electrons. The first-order valence-corrected chi connectivity index (χ1v) is 28.2. The van der Waals surface area contributed by atoms with Crippen LogP contribution in [0.15, 0.2) is 164 Å². The van der Waals surface area contributed by atoms with E-state index in [-0.39, 0.29) is 44.8 Å². The third-order valence-corrected chi connectivity index (χ3v) is 15.6. The predicted molar refractivity (Wildman–Crippen MR) is 318 cm³/mol. The summed E-state index contributed by atoms with van der Waals surface area (Å²) in [5.41, 5.74) is 7.81. The maximum absolute atomic E-state index is 15.1. The number of nitrogens with one attached hydrogen (secondary N) is 5. The number of carbonyl (C=O) groups is 6. The molecule has 1 aliphatic heterocycles. The van der Waals surface area contributed by atoms with E-state index < -0.39 is 72.0 Å². The standard InChI is InChI=1S/C65H68N7O10P/c1-4-79-64(77)56(35-42-30-32-46(33-31-42)80-40-43-19-7-5-8-20-43)69-60(73)54(28-17-18-34-66-2)67-61(74)55(36-45-38-71(3)57-29-16-15-23-48(45)57)68-63(76)59(44-21-9-6-10-22-44)70-62(75)58-37-47(82-83)39-72(58)65(78)81-41-53-51-26-13-11-24-49(51)50-25-12-14-27-52(50)53/h1,5-16,19-27,29-33,38,47,53-56,58-59,66H,17-18,28,34-37,39-41,83H2,2-3H3,(H,67,74)(H,68,76)(H,69,73)(H,70,75)/t47?,54-,55?,56-,58?,59-/m1/s1/i1T. The summed E-state index contributed by atoms with van der Waals surface area (Å²) in [5.74, 6) is -3.38. The van der Waals surface area contributed by atoms with E-state index in [2.05, 4.69) is 36.1 Å². The Morgan fingerprint density at radius 2 is 1.35 bits per heavy atom. The minimum atomic E-state index is -1.38. The molecule has 0 saturated carbocycles. The fourth-order valence-electron chi connectivity index (χ4n) is 11.0. The van der Waals surface area contributed by atoms with Crippen molar-refractivity contribution in [3.63, 3.8) is 0 Å². The Morgan fingerprint density at radius 1 is 0.711 bits per heavy atom. The van der Waals surface area contributed by atoms with Gasteiger partial charge < -0.3 is 49.9 Å². The Morgan fingerprint density at radius 3 is 2.05 bits per heavy atom. The first kappa shape index (κ1) is 57.4. The lowest BCUT2D eigenvalue weighted by Gasteiger charge is -2.28. The molecule has 0 bridgehead atoms. The molecule has 83 heavy (non-hydrogen) atoms. The summed E-state index contributed by atoms with van der Waals surface area (Å²) in [6.45, 7) is 1.02. The van der Waals surface area contributed by atoms with Crippen molar-refractivity contribution in [3.05, 3.63) is 197 Å². The molecule has 1 aliphatic carbocycles. The third-order valence-electron chi connectivity index (χ3n) is 15.2. The van der Waals surface area contributed by atoms with E-state index in [0.717, 1.165) is 38.7 Å². The molecule has 17 nitrogen and oxygen atoms in total. The number of fused-ring (bicyclic) bond motifs is 4. The topological polar surface area (TPSA) is 208 Å². The normalized spacial score (nSPS) is 15.9. The molecule has 2 heterocycles. The zero-order valence-corrected chi connectivity index (χ0v) is 47.4. The van der Waals surface area contributed by atoms with Gasteiger partial charge in [0.2, 0.25) is 23.6 Å². The summed E-state index contributed by atoms with van der Waals surface area (Å²) in [7, 11) is 5.88. The molecule has 6 aromatic carbocycles. The number of para-hydroxylation sites is 1. The summed E-state index contributed by atoms with van der Waals surface area (Å²) >= 11 is 0. The van der Waals surface area contributed by atoms with Crippen molar-refractivity contribution >= 4 is 56.1 Å². The predicted octanol–water partition coefficient (Wildman–Crippen LogP) is 7.58. The van der Waals surface area contributed by atoms with Crippen LogP contribution < -0.4 is 31.3 Å². The average Bonchev–Trinajstić information content (AvgIpc) is 2.49. The van der Waals surface area contributed by atoms with E-state index in [1.165, 1.54) is 4.90 Å². The highest BCUT2D eigenvalue weighted by Crippen LogP contribution is 2.44. The summed E-state index contributed by atoms with van der Waals surface area (Å²) in [4.78, 5) is 88.6. The zero-order valence-electron chi connectivity index (χ0n) is 47.3. The maximum Gasteiger partial charge on any atom is 0.410 e. The number of hydrogen-bond donors (Lipinski definition) is 5. The Labute approximate surface area is 486 Å². The van der Waals surface area contributed by atoms with Crippen LogP contribution in [0.4, 0.5) is 4.79 Å². The Balaban J connectivity index is 0.949. The van der Waals surface area contributed by atoms with Crippen LogP contribution in [0.3, 0.4) is 0 Å². The molecule has 1 fully saturated rings. The van der Waals surface area contributed by atoms with E-state index in [9.17, 15) is 19.2 Å². The van der Waals surface area contributed by atoms with Crippen molar-refractivity contribution < 1.29 is 48.9 Å². The molecule has 18 heteroatoms. The lowest BCUT2D eigenvalue weighted by molar-refractivity contribution is -0.142. The van der Waals surface area contributed by atoms with Crippen LogP contribution in [0.2, 0.25) is 0 Å². The number of rotatable bonds is 25. The van der Waals surface area contributed by atoms with Crippen molar-refractivity contribution in [2.24, 2.45) is 7.05 Å². The van der Waals surface area contributed by atoms with Gasteiger partial charge >= 0.3 is 12.1 Å². The van der Waals surface area contributed by atoms with Crippen LogP contribution in [0.5, 0.6) is 5.75 Å². The minimum absolute atomic E-state index is 0.0214. The van der Waals surface area contributed by atoms with E-state index in [4.69, 9.17) is 20.1 Å². The fourth-order valence-corrected chi connectivity index (χ4v) is 11.2. The second-order valence-electron chi connectivity index (χ2n) is 20.7. The molecule has 1 aromatic heterocycles. The van der Waals surface area contributed by atoms with Crippen molar-refractivity contribution in [2.45, 2.75) is 87.4 Å². The SMILES string of the molecule is [3H]C#COC(=O)[C@@H](Cc1ccc(OCc2ccccc2)cc1)NC(=O)[C@@H](CCCCNC)NC(=O)C(Cc1cn(C)c2ccccc12)NC(=O)[C@H](NC(=O)C1CC(OP)CN1C(=O)OCC1c2ccccc2-c2ccccc21)c1ccccc1. The van der Waals surface area contributed by atoms with Gasteiger partial charge in [-0.05, 0) is 95.6 Å². The van der Waals surface area contributed by atoms with Crippen molar-refractivity contribution in [1.29, 1.82) is 0 Å². The number of nitrogens with zero attached hydrogens (tertiary/aromatic N) is 2. The van der Waals surface area contributed by atoms with Crippen LogP contribution in [-0.4, -0.2) is 102 Å². The molecule has 0 radical (unpaired) electrons. The number of aryl methyl sites for hydroxylation is 1. The van der Waals surface area contributed by atoms with Crippen LogP contribution in [0.1, 0.15) is 72.4 Å². The zero-order chi connectivity index (χ0) is 59.0. The quantitative estimate of drug-likeness (QED) is 0.0163. The molecule has 7 atom stereocenters. The third kappa shape index (κ3) is 14.6. The molecule has 0 spiro atoms. The molecule has 9 rings (SSSR count). The number of carbonyl (C=O) groups excluding carboxylic acids is 6. The van der Waals surface area contributed by atoms with Gasteiger partial charge in [0.15, 0.2) is 0 Å². The van der Waals surface area contributed by atoms with Gasteiger partial charge in [-0.25, -0.2) is 9.59 Å². The minimum Gasteiger partial charge on any atom is -0.489 e. The van der Waals surface area contributed by atoms with Gasteiger partial charge in [0, 0.05) is 58.8 Å². The summed E-state index contributed by atoms with van der Waals surface area (Å²) < 4.78 is 31.9. The number of ether oxygens (including phenoxy) is 3. The second-order valence-corrected chi connectivity index (χ2v) is 21.0. The first-order chi connectivity index (χ1) is 40.9. The number of esters is 1. The summed E-state index contributed by atoms with van der Waals surface area (Å²) in [5, 5.41) is 15.5. The molecule has 4 unspecified atom stereocenters. The molecule has 2 aliphatic rings. The summed E-state index contributed by atoms with van der Waals surface area (Å²) in [6.07, 6.45) is 5.68. The monoisotopic (exact) mass is 1140 g/mol. The highest BCUT2D eigenvalue weighted by Gasteiger charge is 2.43. The van der Waals surface area contributed by atoms with Gasteiger partial charge in [-0.1, -0.05) is 146 Å². The number of amides is 5. The highest BCUT2D eigenvalue weighted by molar-refractivity contribution is 7.09. The van der Waals surface area contributed by atoms with Crippen LogP contribution >= 0.6 is 9.47 Å². The van der Waals surface area contributed by atoms with Gasteiger partial charge in [-0.2, -0.15) is 0 Å². The lowest BCUT2D eigenvalue weighted by Crippen LogP contribution is -2.57. The van der Waals surface area contributed by atoms with Crippen LogP contribution in [0, 0.1) is 12.5 Å².